The Morgan fingerprint density at radius 3 is 2.78 bits per heavy atom. The molecule has 18 heavy (non-hydrogen) atoms. The van der Waals surface area contributed by atoms with Crippen LogP contribution in [0.2, 0.25) is 0 Å². The van der Waals surface area contributed by atoms with Crippen LogP contribution in [0.15, 0.2) is 22.7 Å². The highest BCUT2D eigenvalue weighted by molar-refractivity contribution is 9.10. The minimum absolute atomic E-state index is 0.0500. The quantitative estimate of drug-likeness (QED) is 0.932. The number of piperazine rings is 1. The first-order chi connectivity index (χ1) is 8.72. The molecule has 1 saturated heterocycles. The van der Waals surface area contributed by atoms with Gasteiger partial charge in [0.25, 0.3) is 0 Å². The van der Waals surface area contributed by atoms with Crippen LogP contribution in [-0.4, -0.2) is 31.1 Å². The van der Waals surface area contributed by atoms with Gasteiger partial charge in [0.2, 0.25) is 0 Å². The van der Waals surface area contributed by atoms with Gasteiger partial charge in [0, 0.05) is 32.2 Å². The lowest BCUT2D eigenvalue weighted by Gasteiger charge is -2.34. The van der Waals surface area contributed by atoms with Crippen LogP contribution in [0.1, 0.15) is 18.0 Å². The molecule has 3 nitrogen and oxygen atoms in total. The zero-order valence-electron chi connectivity index (χ0n) is 10.00. The second-order valence-corrected chi connectivity index (χ2v) is 5.19. The summed E-state index contributed by atoms with van der Waals surface area (Å²) in [6.45, 7) is 3.71. The van der Waals surface area contributed by atoms with Crippen molar-refractivity contribution >= 4 is 15.9 Å². The SMILES string of the molecule is N#CC[C@H](c1ccc(F)c(Br)c1)N1CCNCC1. The zero-order valence-corrected chi connectivity index (χ0v) is 11.6. The molecule has 2 rings (SSSR count). The second-order valence-electron chi connectivity index (χ2n) is 4.34. The van der Waals surface area contributed by atoms with Gasteiger partial charge in [-0.1, -0.05) is 6.07 Å². The van der Waals surface area contributed by atoms with Crippen LogP contribution >= 0.6 is 15.9 Å². The van der Waals surface area contributed by atoms with Crippen LogP contribution in [0.25, 0.3) is 0 Å². The molecule has 1 aromatic rings. The van der Waals surface area contributed by atoms with E-state index in [1.165, 1.54) is 6.07 Å². The van der Waals surface area contributed by atoms with Crippen LogP contribution in [0, 0.1) is 17.1 Å². The maximum atomic E-state index is 13.3. The first kappa shape index (κ1) is 13.5. The maximum absolute atomic E-state index is 13.3. The lowest BCUT2D eigenvalue weighted by molar-refractivity contribution is 0.175. The fraction of sp³-hybridized carbons (Fsp3) is 0.462. The van der Waals surface area contributed by atoms with E-state index in [1.807, 2.05) is 0 Å². The van der Waals surface area contributed by atoms with Gasteiger partial charge < -0.3 is 5.32 Å². The summed E-state index contributed by atoms with van der Waals surface area (Å²) in [5.74, 6) is -0.269. The Bertz CT molecular complexity index is 452. The molecule has 0 spiro atoms. The van der Waals surface area contributed by atoms with E-state index in [2.05, 4.69) is 32.2 Å². The molecule has 1 heterocycles. The molecule has 0 radical (unpaired) electrons. The topological polar surface area (TPSA) is 39.1 Å². The number of hydrogen-bond acceptors (Lipinski definition) is 3. The number of nitrogens with one attached hydrogen (secondary N) is 1. The van der Waals surface area contributed by atoms with E-state index in [9.17, 15) is 4.39 Å². The van der Waals surface area contributed by atoms with E-state index < -0.39 is 0 Å². The summed E-state index contributed by atoms with van der Waals surface area (Å²) < 4.78 is 13.7. The van der Waals surface area contributed by atoms with E-state index in [0.29, 0.717) is 10.9 Å². The van der Waals surface area contributed by atoms with E-state index in [1.54, 1.807) is 12.1 Å². The molecular formula is C13H15BrFN3. The van der Waals surface area contributed by atoms with Crippen molar-refractivity contribution in [2.45, 2.75) is 12.5 Å². The molecule has 1 atom stereocenters. The van der Waals surface area contributed by atoms with Gasteiger partial charge in [0.1, 0.15) is 5.82 Å². The van der Waals surface area contributed by atoms with Gasteiger partial charge in [-0.3, -0.25) is 4.90 Å². The number of rotatable bonds is 3. The van der Waals surface area contributed by atoms with Gasteiger partial charge in [-0.2, -0.15) is 5.26 Å². The van der Waals surface area contributed by atoms with Crippen molar-refractivity contribution in [3.05, 3.63) is 34.1 Å². The van der Waals surface area contributed by atoms with Crippen LogP contribution < -0.4 is 5.32 Å². The molecule has 0 amide bonds. The Morgan fingerprint density at radius 2 is 2.17 bits per heavy atom. The fourth-order valence-electron chi connectivity index (χ4n) is 2.26. The van der Waals surface area contributed by atoms with Gasteiger partial charge in [-0.05, 0) is 33.6 Å². The molecule has 0 bridgehead atoms. The molecule has 1 aliphatic rings. The summed E-state index contributed by atoms with van der Waals surface area (Å²) >= 11 is 3.20. The third kappa shape index (κ3) is 3.08. The van der Waals surface area contributed by atoms with Crippen LogP contribution in [-0.2, 0) is 0 Å². The van der Waals surface area contributed by atoms with E-state index >= 15 is 0 Å². The van der Waals surface area contributed by atoms with Crippen molar-refractivity contribution in [1.29, 1.82) is 5.26 Å². The number of halogens is 2. The Kier molecular flexibility index (Phi) is 4.70. The van der Waals surface area contributed by atoms with Gasteiger partial charge in [-0.25, -0.2) is 4.39 Å². The number of nitriles is 1. The second kappa shape index (κ2) is 6.28. The first-order valence-corrected chi connectivity index (χ1v) is 6.78. The Morgan fingerprint density at radius 1 is 1.44 bits per heavy atom. The summed E-state index contributed by atoms with van der Waals surface area (Å²) in [6.07, 6.45) is 0.429. The highest BCUT2D eigenvalue weighted by Gasteiger charge is 2.22. The molecule has 0 unspecified atom stereocenters. The molecule has 1 aromatic carbocycles. The summed E-state index contributed by atoms with van der Waals surface area (Å²) in [5.41, 5.74) is 0.992. The predicted molar refractivity (Wildman–Crippen MR) is 71.5 cm³/mol. The summed E-state index contributed by atoms with van der Waals surface area (Å²) in [4.78, 5) is 2.28. The Hall–Kier alpha value is -0.960. The minimum Gasteiger partial charge on any atom is -0.314 e. The largest absolute Gasteiger partial charge is 0.314 e. The third-order valence-corrected chi connectivity index (χ3v) is 3.81. The number of hydrogen-bond donors (Lipinski definition) is 1. The molecule has 96 valence electrons. The van der Waals surface area contributed by atoms with Crippen molar-refractivity contribution in [2.75, 3.05) is 26.2 Å². The molecule has 0 aromatic heterocycles. The highest BCUT2D eigenvalue weighted by Crippen LogP contribution is 2.27. The lowest BCUT2D eigenvalue weighted by Crippen LogP contribution is -2.45. The standard InChI is InChI=1S/C13H15BrFN3/c14-11-9-10(1-2-12(11)15)13(3-4-16)18-7-5-17-6-8-18/h1-2,9,13,17H,3,5-8H2/t13-/m1/s1. The molecule has 1 aliphatic heterocycles. The normalized spacial score (nSPS) is 18.3. The van der Waals surface area contributed by atoms with Crippen molar-refractivity contribution in [1.82, 2.24) is 10.2 Å². The van der Waals surface area contributed by atoms with E-state index in [-0.39, 0.29) is 11.9 Å². The lowest BCUT2D eigenvalue weighted by atomic mass is 10.0. The van der Waals surface area contributed by atoms with Crippen molar-refractivity contribution in [3.63, 3.8) is 0 Å². The highest BCUT2D eigenvalue weighted by atomic mass is 79.9. The molecule has 0 aliphatic carbocycles. The summed E-state index contributed by atoms with van der Waals surface area (Å²) in [5, 5.41) is 12.3. The monoisotopic (exact) mass is 311 g/mol. The minimum atomic E-state index is -0.269. The van der Waals surface area contributed by atoms with E-state index in [4.69, 9.17) is 5.26 Å². The van der Waals surface area contributed by atoms with Crippen LogP contribution in [0.4, 0.5) is 4.39 Å². The zero-order chi connectivity index (χ0) is 13.0. The van der Waals surface area contributed by atoms with Crippen LogP contribution in [0.3, 0.4) is 0 Å². The van der Waals surface area contributed by atoms with Crippen molar-refractivity contribution < 1.29 is 4.39 Å². The number of nitrogens with zero attached hydrogens (tertiary/aromatic N) is 2. The molecule has 5 heteroatoms. The maximum Gasteiger partial charge on any atom is 0.137 e. The van der Waals surface area contributed by atoms with Gasteiger partial charge in [0.05, 0.1) is 17.0 Å². The molecule has 1 fully saturated rings. The summed E-state index contributed by atoms with van der Waals surface area (Å²) in [6, 6.07) is 7.27. The van der Waals surface area contributed by atoms with Gasteiger partial charge in [0.15, 0.2) is 0 Å². The number of benzene rings is 1. The molecule has 1 N–H and O–H groups in total. The predicted octanol–water partition coefficient (Wildman–Crippen LogP) is 2.45. The van der Waals surface area contributed by atoms with E-state index in [0.717, 1.165) is 31.7 Å². The molecular weight excluding hydrogens is 297 g/mol. The summed E-state index contributed by atoms with van der Waals surface area (Å²) in [7, 11) is 0. The average Bonchev–Trinajstić information content (AvgIpc) is 2.40. The van der Waals surface area contributed by atoms with Gasteiger partial charge in [-0.15, -0.1) is 0 Å². The van der Waals surface area contributed by atoms with Crippen molar-refractivity contribution in [3.8, 4) is 6.07 Å². The first-order valence-electron chi connectivity index (χ1n) is 5.99. The smallest absolute Gasteiger partial charge is 0.137 e. The third-order valence-electron chi connectivity index (χ3n) is 3.21. The van der Waals surface area contributed by atoms with Crippen molar-refractivity contribution in [2.24, 2.45) is 0 Å². The Labute approximate surface area is 115 Å². The van der Waals surface area contributed by atoms with Gasteiger partial charge >= 0.3 is 0 Å². The fourth-order valence-corrected chi connectivity index (χ4v) is 2.65. The Balaban J connectivity index is 2.22. The average molecular weight is 312 g/mol. The molecule has 0 saturated carbocycles. The van der Waals surface area contributed by atoms with Crippen LogP contribution in [0.5, 0.6) is 0 Å².